The number of hydrogen-bond acceptors (Lipinski definition) is 5. The number of nitrogens with two attached hydrogens (primary N) is 1. The Balaban J connectivity index is 1.41. The van der Waals surface area contributed by atoms with Gasteiger partial charge in [0.25, 0.3) is 0 Å². The molecule has 2 fully saturated rings. The molecule has 1 amide bonds. The minimum atomic E-state index is -0.306. The Morgan fingerprint density at radius 1 is 1.23 bits per heavy atom. The van der Waals surface area contributed by atoms with E-state index in [4.69, 9.17) is 5.73 Å². The zero-order valence-corrected chi connectivity index (χ0v) is 14.6. The summed E-state index contributed by atoms with van der Waals surface area (Å²) in [6.07, 6.45) is 3.67. The van der Waals surface area contributed by atoms with E-state index in [-0.39, 0.29) is 19.0 Å². The number of nitrogen functional groups attached to an aromatic ring is 1. The Hall–Kier alpha value is -2.48. The molecule has 2 unspecified atom stereocenters. The van der Waals surface area contributed by atoms with Gasteiger partial charge in [-0.15, -0.1) is 0 Å². The number of fused-ring (bicyclic) bond motifs is 1. The highest BCUT2D eigenvalue weighted by molar-refractivity contribution is 5.80. The zero-order chi connectivity index (χ0) is 18.1. The van der Waals surface area contributed by atoms with E-state index in [0.29, 0.717) is 35.6 Å². The number of carbonyl (C=O) groups is 1. The van der Waals surface area contributed by atoms with Gasteiger partial charge in [-0.25, -0.2) is 14.1 Å². The van der Waals surface area contributed by atoms with Crippen LogP contribution in [-0.4, -0.2) is 69.9 Å². The number of likely N-dealkylation sites (tertiary alicyclic amines) is 2. The van der Waals surface area contributed by atoms with Crippen LogP contribution in [0.3, 0.4) is 0 Å². The van der Waals surface area contributed by atoms with Crippen LogP contribution in [-0.2, 0) is 11.2 Å². The average Bonchev–Trinajstić information content (AvgIpc) is 3.32. The molecular weight excluding hydrogens is 335 g/mol. The number of carbonyl (C=O) groups excluding carboxylic acids is 1. The molecule has 2 aromatic rings. The van der Waals surface area contributed by atoms with Crippen molar-refractivity contribution in [1.82, 2.24) is 24.6 Å². The van der Waals surface area contributed by atoms with Gasteiger partial charge in [0, 0.05) is 45.1 Å². The number of amides is 1. The topological polar surface area (TPSA) is 80.3 Å². The first kappa shape index (κ1) is 17.0. The molecule has 2 atom stereocenters. The number of alkyl halides is 1. The van der Waals surface area contributed by atoms with Gasteiger partial charge in [0.05, 0.1) is 17.8 Å². The molecule has 0 radical (unpaired) electrons. The van der Waals surface area contributed by atoms with E-state index in [1.165, 1.54) is 0 Å². The molecule has 2 aliphatic rings. The lowest BCUT2D eigenvalue weighted by Gasteiger charge is -2.21. The van der Waals surface area contributed by atoms with Crippen molar-refractivity contribution in [1.29, 1.82) is 0 Å². The molecule has 26 heavy (non-hydrogen) atoms. The predicted molar refractivity (Wildman–Crippen MR) is 95.5 cm³/mol. The highest BCUT2D eigenvalue weighted by Gasteiger charge is 2.41. The van der Waals surface area contributed by atoms with Crippen molar-refractivity contribution >= 4 is 11.6 Å². The number of halogens is 1. The maximum Gasteiger partial charge on any atom is 0.228 e. The summed E-state index contributed by atoms with van der Waals surface area (Å²) >= 11 is 0. The summed E-state index contributed by atoms with van der Waals surface area (Å²) < 4.78 is 14.2. The maximum atomic E-state index is 12.7. The zero-order valence-electron chi connectivity index (χ0n) is 14.6. The van der Waals surface area contributed by atoms with E-state index in [9.17, 15) is 9.18 Å². The molecule has 0 aromatic carbocycles. The first-order chi connectivity index (χ1) is 12.6. The highest BCUT2D eigenvalue weighted by atomic mass is 19.1. The monoisotopic (exact) mass is 358 g/mol. The molecular formula is C18H23FN6O. The Morgan fingerprint density at radius 2 is 2.00 bits per heavy atom. The van der Waals surface area contributed by atoms with Crippen molar-refractivity contribution in [2.75, 3.05) is 45.1 Å². The van der Waals surface area contributed by atoms with Gasteiger partial charge in [-0.2, -0.15) is 5.10 Å². The molecule has 4 heterocycles. The normalized spacial score (nSPS) is 22.7. The van der Waals surface area contributed by atoms with Crippen LogP contribution < -0.4 is 5.73 Å². The van der Waals surface area contributed by atoms with Crippen LogP contribution in [0.15, 0.2) is 30.6 Å². The van der Waals surface area contributed by atoms with Crippen LogP contribution in [0.25, 0.3) is 5.82 Å². The fraction of sp³-hybridized carbons (Fsp3) is 0.500. The van der Waals surface area contributed by atoms with Crippen molar-refractivity contribution in [2.24, 2.45) is 11.8 Å². The minimum Gasteiger partial charge on any atom is -0.397 e. The Kier molecular flexibility index (Phi) is 4.58. The highest BCUT2D eigenvalue weighted by Crippen LogP contribution is 2.31. The number of anilines is 1. The molecule has 2 N–H and O–H groups in total. The molecule has 0 bridgehead atoms. The molecule has 2 saturated heterocycles. The van der Waals surface area contributed by atoms with E-state index >= 15 is 0 Å². The molecule has 2 aliphatic heterocycles. The van der Waals surface area contributed by atoms with E-state index in [0.717, 1.165) is 26.2 Å². The Labute approximate surface area is 151 Å². The fourth-order valence-corrected chi connectivity index (χ4v) is 4.03. The lowest BCUT2D eigenvalue weighted by molar-refractivity contribution is -0.129. The molecule has 0 aliphatic carbocycles. The Bertz CT molecular complexity index is 766. The van der Waals surface area contributed by atoms with Crippen LogP contribution in [0.5, 0.6) is 0 Å². The number of rotatable bonds is 5. The van der Waals surface area contributed by atoms with Gasteiger partial charge in [-0.05, 0) is 30.0 Å². The van der Waals surface area contributed by atoms with E-state index in [1.54, 1.807) is 29.2 Å². The predicted octanol–water partition coefficient (Wildman–Crippen LogP) is 0.752. The van der Waals surface area contributed by atoms with Crippen molar-refractivity contribution in [3.63, 3.8) is 0 Å². The third kappa shape index (κ3) is 3.29. The van der Waals surface area contributed by atoms with Crippen LogP contribution >= 0.6 is 0 Å². The number of aromatic nitrogens is 3. The minimum absolute atomic E-state index is 0.0493. The van der Waals surface area contributed by atoms with Crippen molar-refractivity contribution in [2.45, 2.75) is 6.42 Å². The van der Waals surface area contributed by atoms with E-state index in [2.05, 4.69) is 15.0 Å². The van der Waals surface area contributed by atoms with Crippen LogP contribution in [0, 0.1) is 11.8 Å². The van der Waals surface area contributed by atoms with Crippen LogP contribution in [0.4, 0.5) is 10.1 Å². The first-order valence-corrected chi connectivity index (χ1v) is 8.95. The molecule has 0 spiro atoms. The van der Waals surface area contributed by atoms with Crippen LogP contribution in [0.1, 0.15) is 5.69 Å². The molecule has 2 aromatic heterocycles. The molecule has 0 saturated carbocycles. The average molecular weight is 358 g/mol. The molecule has 8 heteroatoms. The summed E-state index contributed by atoms with van der Waals surface area (Å²) in [5.74, 6) is 1.60. The number of hydrogen-bond donors (Lipinski definition) is 1. The van der Waals surface area contributed by atoms with Gasteiger partial charge in [0.1, 0.15) is 6.67 Å². The van der Waals surface area contributed by atoms with Gasteiger partial charge >= 0.3 is 0 Å². The third-order valence-electron chi connectivity index (χ3n) is 5.37. The summed E-state index contributed by atoms with van der Waals surface area (Å²) in [5.41, 5.74) is 7.13. The van der Waals surface area contributed by atoms with E-state index < -0.39 is 0 Å². The summed E-state index contributed by atoms with van der Waals surface area (Å²) in [4.78, 5) is 21.3. The van der Waals surface area contributed by atoms with Crippen molar-refractivity contribution in [3.05, 3.63) is 36.3 Å². The van der Waals surface area contributed by atoms with Gasteiger partial charge < -0.3 is 15.5 Å². The van der Waals surface area contributed by atoms with E-state index in [1.807, 2.05) is 11.0 Å². The van der Waals surface area contributed by atoms with Gasteiger partial charge in [-0.1, -0.05) is 0 Å². The fourth-order valence-electron chi connectivity index (χ4n) is 4.03. The number of pyridine rings is 1. The lowest BCUT2D eigenvalue weighted by atomic mass is 10.0. The summed E-state index contributed by atoms with van der Waals surface area (Å²) in [6.45, 7) is 3.44. The second-order valence-electron chi connectivity index (χ2n) is 7.10. The maximum absolute atomic E-state index is 12.7. The van der Waals surface area contributed by atoms with Crippen molar-refractivity contribution < 1.29 is 9.18 Å². The number of nitrogens with zero attached hydrogens (tertiary/aromatic N) is 5. The Morgan fingerprint density at radius 3 is 2.65 bits per heavy atom. The quantitative estimate of drug-likeness (QED) is 0.853. The van der Waals surface area contributed by atoms with Gasteiger partial charge in [-0.3, -0.25) is 4.79 Å². The standard InChI is InChI=1S/C18H23FN6O/c19-4-7-23-9-13-11-24(12-14(13)10-23)18(26)8-16-15(20)2-3-17(22-16)25-6-1-5-21-25/h1-3,5-6,13-14H,4,7-12,20H2. The largest absolute Gasteiger partial charge is 0.397 e. The van der Waals surface area contributed by atoms with Gasteiger partial charge in [0.2, 0.25) is 5.91 Å². The molecule has 7 nitrogen and oxygen atoms in total. The van der Waals surface area contributed by atoms with Crippen molar-refractivity contribution in [3.8, 4) is 5.82 Å². The molecule has 4 rings (SSSR count). The third-order valence-corrected chi connectivity index (χ3v) is 5.37. The SMILES string of the molecule is Nc1ccc(-n2cccn2)nc1CC(=O)N1CC2CN(CCF)CC2C1. The van der Waals surface area contributed by atoms with Gasteiger partial charge in [0.15, 0.2) is 5.82 Å². The lowest BCUT2D eigenvalue weighted by Crippen LogP contribution is -2.35. The first-order valence-electron chi connectivity index (χ1n) is 8.95. The summed E-state index contributed by atoms with van der Waals surface area (Å²) in [6, 6.07) is 5.37. The smallest absolute Gasteiger partial charge is 0.228 e. The molecule has 138 valence electrons. The second-order valence-corrected chi connectivity index (χ2v) is 7.10. The van der Waals surface area contributed by atoms with Crippen LogP contribution in [0.2, 0.25) is 0 Å². The summed E-state index contributed by atoms with van der Waals surface area (Å²) in [5, 5.41) is 4.16. The second kappa shape index (κ2) is 7.03. The summed E-state index contributed by atoms with van der Waals surface area (Å²) in [7, 11) is 0.